The maximum atomic E-state index is 11.5. The molecule has 2 unspecified atom stereocenters. The first kappa shape index (κ1) is 23.1. The van der Waals surface area contributed by atoms with Gasteiger partial charge in [0.2, 0.25) is 5.88 Å². The summed E-state index contributed by atoms with van der Waals surface area (Å²) in [5, 5.41) is 26.6. The Morgan fingerprint density at radius 3 is 2.73 bits per heavy atom. The molecule has 2 atom stereocenters. The molecule has 3 aromatic heterocycles. The van der Waals surface area contributed by atoms with Crippen LogP contribution in [-0.4, -0.2) is 38.1 Å². The lowest BCUT2D eigenvalue weighted by Gasteiger charge is -2.46. The lowest BCUT2D eigenvalue weighted by Crippen LogP contribution is -2.48. The first-order chi connectivity index (χ1) is 15.6. The number of nitrogens with one attached hydrogen (secondary N) is 1. The van der Waals surface area contributed by atoms with E-state index in [0.717, 1.165) is 10.4 Å². The predicted molar refractivity (Wildman–Crippen MR) is 122 cm³/mol. The number of rotatable bonds is 6. The third-order valence-corrected chi connectivity index (χ3v) is 7.27. The molecule has 0 spiro atoms. The molecule has 3 aromatic rings. The molecule has 4 rings (SSSR count). The fourth-order valence-corrected chi connectivity index (χ4v) is 5.47. The van der Waals surface area contributed by atoms with Crippen molar-refractivity contribution in [2.45, 2.75) is 45.6 Å². The Bertz CT molecular complexity index is 1180. The highest BCUT2D eigenvalue weighted by Gasteiger charge is 2.47. The minimum absolute atomic E-state index is 0.301. The number of methoxy groups -OCH3 is 1. The second-order valence-corrected chi connectivity index (χ2v) is 10.2. The molecule has 0 aromatic carbocycles. The predicted octanol–water partition coefficient (Wildman–Crippen LogP) is 2.82. The SMILES string of the molecule is COc1cc(Nc2cc(C)cc(-c3cnc(C4(O)CCC(C(=O)[O-])C(C)(C)C4)s3)n2)ncn1. The van der Waals surface area contributed by atoms with Gasteiger partial charge in [-0.05, 0) is 49.3 Å². The normalized spacial score (nSPS) is 22.0. The highest BCUT2D eigenvalue weighted by molar-refractivity contribution is 7.15. The van der Waals surface area contributed by atoms with E-state index >= 15 is 0 Å². The van der Waals surface area contributed by atoms with E-state index in [4.69, 9.17) is 9.72 Å². The van der Waals surface area contributed by atoms with Gasteiger partial charge in [0.25, 0.3) is 0 Å². The molecule has 0 amide bonds. The summed E-state index contributed by atoms with van der Waals surface area (Å²) in [6, 6.07) is 5.52. The molecule has 2 N–H and O–H groups in total. The van der Waals surface area contributed by atoms with E-state index in [0.29, 0.717) is 47.5 Å². The minimum atomic E-state index is -1.18. The molecule has 33 heavy (non-hydrogen) atoms. The molecule has 0 aliphatic heterocycles. The Kier molecular flexibility index (Phi) is 6.06. The Labute approximate surface area is 195 Å². The van der Waals surface area contributed by atoms with Gasteiger partial charge in [-0.2, -0.15) is 0 Å². The van der Waals surface area contributed by atoms with Crippen molar-refractivity contribution in [2.24, 2.45) is 11.3 Å². The Morgan fingerprint density at radius 1 is 1.24 bits per heavy atom. The molecular formula is C23H26N5O4S-. The third-order valence-electron chi connectivity index (χ3n) is 6.06. The van der Waals surface area contributed by atoms with Crippen molar-refractivity contribution in [1.29, 1.82) is 0 Å². The van der Waals surface area contributed by atoms with Crippen LogP contribution < -0.4 is 15.2 Å². The number of hydrogen-bond acceptors (Lipinski definition) is 10. The third kappa shape index (κ3) is 4.81. The van der Waals surface area contributed by atoms with Crippen LogP contribution in [0.5, 0.6) is 5.88 Å². The van der Waals surface area contributed by atoms with Gasteiger partial charge in [-0.3, -0.25) is 0 Å². The van der Waals surface area contributed by atoms with Gasteiger partial charge in [-0.15, -0.1) is 11.3 Å². The summed E-state index contributed by atoms with van der Waals surface area (Å²) in [5.74, 6) is -0.0546. The molecule has 174 valence electrons. The summed E-state index contributed by atoms with van der Waals surface area (Å²) < 4.78 is 5.14. The van der Waals surface area contributed by atoms with Crippen molar-refractivity contribution in [3.05, 3.63) is 41.3 Å². The Hall–Kier alpha value is -3.11. The van der Waals surface area contributed by atoms with Crippen LogP contribution in [0.2, 0.25) is 0 Å². The van der Waals surface area contributed by atoms with Crippen LogP contribution >= 0.6 is 11.3 Å². The number of anilines is 2. The Morgan fingerprint density at radius 2 is 2.03 bits per heavy atom. The largest absolute Gasteiger partial charge is 0.550 e. The van der Waals surface area contributed by atoms with Crippen LogP contribution in [0.4, 0.5) is 11.6 Å². The zero-order valence-corrected chi connectivity index (χ0v) is 19.8. The molecule has 3 heterocycles. The average molecular weight is 469 g/mol. The standard InChI is InChI=1S/C23H27N5O4S/c1-13-7-15(27-18(8-13)28-17-9-19(32-4)26-12-25-17)16-10-24-21(33-16)23(31)6-5-14(20(29)30)22(2,3)11-23/h7-10,12,14,31H,5-6,11H2,1-4H3,(H,29,30)(H,25,26,27,28)/p-1. The number of carbonyl (C=O) groups excluding carboxylic acids is 1. The highest BCUT2D eigenvalue weighted by atomic mass is 32.1. The monoisotopic (exact) mass is 468 g/mol. The number of aryl methyl sites for hydroxylation is 1. The average Bonchev–Trinajstić information content (AvgIpc) is 3.24. The number of nitrogens with zero attached hydrogens (tertiary/aromatic N) is 4. The number of carbonyl (C=O) groups is 1. The molecule has 0 radical (unpaired) electrons. The molecule has 1 fully saturated rings. The van der Waals surface area contributed by atoms with E-state index in [1.165, 1.54) is 24.8 Å². The number of thiazole rings is 1. The molecule has 0 saturated heterocycles. The van der Waals surface area contributed by atoms with Crippen LogP contribution in [0.15, 0.2) is 30.7 Å². The quantitative estimate of drug-likeness (QED) is 0.560. The zero-order chi connectivity index (χ0) is 23.8. The van der Waals surface area contributed by atoms with Crippen molar-refractivity contribution < 1.29 is 19.7 Å². The van der Waals surface area contributed by atoms with Gasteiger partial charge in [0, 0.05) is 24.2 Å². The van der Waals surface area contributed by atoms with Crippen LogP contribution in [0.3, 0.4) is 0 Å². The van der Waals surface area contributed by atoms with E-state index in [1.807, 2.05) is 32.9 Å². The van der Waals surface area contributed by atoms with Crippen molar-refractivity contribution in [3.8, 4) is 16.5 Å². The summed E-state index contributed by atoms with van der Waals surface area (Å²) in [6.07, 6.45) is 4.08. The minimum Gasteiger partial charge on any atom is -0.550 e. The topological polar surface area (TPSA) is 133 Å². The number of pyridine rings is 1. The second kappa shape index (κ2) is 8.68. The van der Waals surface area contributed by atoms with Crippen molar-refractivity contribution in [2.75, 3.05) is 12.4 Å². The van der Waals surface area contributed by atoms with Gasteiger partial charge >= 0.3 is 0 Å². The van der Waals surface area contributed by atoms with Crippen LogP contribution in [0.1, 0.15) is 43.7 Å². The summed E-state index contributed by atoms with van der Waals surface area (Å²) in [4.78, 5) is 29.7. The lowest BCUT2D eigenvalue weighted by atomic mass is 9.63. The molecule has 0 bridgehead atoms. The molecule has 1 aliphatic rings. The number of ether oxygens (including phenoxy) is 1. The maximum absolute atomic E-state index is 11.5. The van der Waals surface area contributed by atoms with Gasteiger partial charge in [0.15, 0.2) is 0 Å². The van der Waals surface area contributed by atoms with Gasteiger partial charge in [0.05, 0.1) is 17.7 Å². The Balaban J connectivity index is 1.59. The fourth-order valence-electron chi connectivity index (χ4n) is 4.47. The van der Waals surface area contributed by atoms with Crippen molar-refractivity contribution in [3.63, 3.8) is 0 Å². The maximum Gasteiger partial charge on any atom is 0.218 e. The zero-order valence-electron chi connectivity index (χ0n) is 19.0. The molecule has 1 aliphatic carbocycles. The number of aromatic nitrogens is 4. The fraction of sp³-hybridized carbons (Fsp3) is 0.435. The van der Waals surface area contributed by atoms with Crippen LogP contribution in [-0.2, 0) is 10.4 Å². The first-order valence-corrected chi connectivity index (χ1v) is 11.4. The summed E-state index contributed by atoms with van der Waals surface area (Å²) in [7, 11) is 1.54. The lowest BCUT2D eigenvalue weighted by molar-refractivity contribution is -0.317. The second-order valence-electron chi connectivity index (χ2n) is 9.12. The van der Waals surface area contributed by atoms with Crippen molar-refractivity contribution in [1.82, 2.24) is 19.9 Å². The number of hydrogen-bond donors (Lipinski definition) is 2. The number of carboxylic acids is 1. The molecule has 1 saturated carbocycles. The van der Waals surface area contributed by atoms with E-state index in [1.54, 1.807) is 12.3 Å². The van der Waals surface area contributed by atoms with Crippen LogP contribution in [0.25, 0.3) is 10.6 Å². The van der Waals surface area contributed by atoms with E-state index in [-0.39, 0.29) is 0 Å². The van der Waals surface area contributed by atoms with E-state index in [9.17, 15) is 15.0 Å². The summed E-state index contributed by atoms with van der Waals surface area (Å²) in [6.45, 7) is 5.68. The number of aliphatic hydroxyl groups is 1. The van der Waals surface area contributed by atoms with Crippen LogP contribution in [0, 0.1) is 18.3 Å². The molecule has 10 heteroatoms. The van der Waals surface area contributed by atoms with Gasteiger partial charge in [0.1, 0.15) is 28.6 Å². The van der Waals surface area contributed by atoms with Crippen molar-refractivity contribution >= 4 is 28.9 Å². The van der Waals surface area contributed by atoms with Gasteiger partial charge in [-0.25, -0.2) is 19.9 Å². The van der Waals surface area contributed by atoms with E-state index < -0.39 is 22.9 Å². The summed E-state index contributed by atoms with van der Waals surface area (Å²) >= 11 is 1.37. The summed E-state index contributed by atoms with van der Waals surface area (Å²) in [5.41, 5.74) is -0.0725. The first-order valence-electron chi connectivity index (χ1n) is 10.6. The molecule has 9 nitrogen and oxygen atoms in total. The van der Waals surface area contributed by atoms with Gasteiger partial charge < -0.3 is 25.1 Å². The number of aliphatic carboxylic acids is 1. The van der Waals surface area contributed by atoms with Gasteiger partial charge in [-0.1, -0.05) is 13.8 Å². The smallest absolute Gasteiger partial charge is 0.218 e. The molecular weight excluding hydrogens is 442 g/mol. The highest BCUT2D eigenvalue weighted by Crippen LogP contribution is 2.50. The number of carboxylic acid groups (broad SMARTS) is 1. The van der Waals surface area contributed by atoms with E-state index in [2.05, 4.69) is 20.3 Å².